The molecule has 8 heteroatoms. The molecule has 0 aromatic carbocycles. The zero-order valence-electron chi connectivity index (χ0n) is 14.5. The minimum Gasteiger partial charge on any atom is -0.355 e. The normalized spacial score (nSPS) is 12.5. The molecule has 0 bridgehead atoms. The zero-order valence-corrected chi connectivity index (χ0v) is 17.7. The van der Waals surface area contributed by atoms with Crippen LogP contribution in [0.3, 0.4) is 0 Å². The van der Waals surface area contributed by atoms with Gasteiger partial charge in [-0.1, -0.05) is 19.9 Å². The number of thiophene rings is 1. The largest absolute Gasteiger partial charge is 0.355 e. The van der Waals surface area contributed by atoms with Crippen molar-refractivity contribution in [2.45, 2.75) is 52.7 Å². The van der Waals surface area contributed by atoms with Crippen LogP contribution < -0.4 is 10.6 Å². The molecule has 1 atom stereocenters. The van der Waals surface area contributed by atoms with Crippen LogP contribution in [0.1, 0.15) is 37.9 Å². The molecular weight excluding hydrogens is 435 g/mol. The first kappa shape index (κ1) is 20.9. The summed E-state index contributed by atoms with van der Waals surface area (Å²) in [5, 5.41) is 17.0. The Morgan fingerprint density at radius 1 is 1.42 bits per heavy atom. The van der Waals surface area contributed by atoms with Gasteiger partial charge in [0.25, 0.3) is 0 Å². The average molecular weight is 462 g/mol. The van der Waals surface area contributed by atoms with Crippen LogP contribution in [0.2, 0.25) is 0 Å². The third kappa shape index (κ3) is 6.76. The highest BCUT2D eigenvalue weighted by Crippen LogP contribution is 2.09. The standard InChI is InChI=1S/C16H26N6S.HI/c1-4-13(3)20-16(18-11-14-7-6-10-23-14)17-8-9-22-12-19-21-15(22)5-2;/h6-7,10,12-13H,4-5,8-9,11H2,1-3H3,(H2,17,18,20);1H. The van der Waals surface area contributed by atoms with Crippen LogP contribution in [0, 0.1) is 0 Å². The third-order valence-corrected chi connectivity index (χ3v) is 4.49. The Kier molecular flexibility index (Phi) is 9.92. The second-order valence-corrected chi connectivity index (χ2v) is 6.45. The molecular formula is C16H27IN6S. The summed E-state index contributed by atoms with van der Waals surface area (Å²) in [6, 6.07) is 4.56. The molecule has 2 N–H and O–H groups in total. The molecule has 134 valence electrons. The number of nitrogens with one attached hydrogen (secondary N) is 2. The minimum absolute atomic E-state index is 0. The van der Waals surface area contributed by atoms with E-state index < -0.39 is 0 Å². The maximum absolute atomic E-state index is 4.68. The Morgan fingerprint density at radius 3 is 2.92 bits per heavy atom. The van der Waals surface area contributed by atoms with E-state index in [4.69, 9.17) is 0 Å². The lowest BCUT2D eigenvalue weighted by Crippen LogP contribution is -2.43. The van der Waals surface area contributed by atoms with Crippen molar-refractivity contribution >= 4 is 41.3 Å². The number of halogens is 1. The molecule has 0 saturated heterocycles. The van der Waals surface area contributed by atoms with E-state index in [-0.39, 0.29) is 24.0 Å². The predicted molar refractivity (Wildman–Crippen MR) is 111 cm³/mol. The van der Waals surface area contributed by atoms with Crippen molar-refractivity contribution in [3.8, 4) is 0 Å². The van der Waals surface area contributed by atoms with E-state index in [1.54, 1.807) is 17.7 Å². The highest BCUT2D eigenvalue weighted by Gasteiger charge is 2.05. The summed E-state index contributed by atoms with van der Waals surface area (Å²) in [6.45, 7) is 8.74. The number of aromatic nitrogens is 3. The highest BCUT2D eigenvalue weighted by molar-refractivity contribution is 14.0. The maximum Gasteiger partial charge on any atom is 0.191 e. The zero-order chi connectivity index (χ0) is 16.5. The molecule has 2 aromatic rings. The van der Waals surface area contributed by atoms with Crippen LogP contribution in [0.25, 0.3) is 0 Å². The fourth-order valence-electron chi connectivity index (χ4n) is 2.08. The van der Waals surface area contributed by atoms with Gasteiger partial charge in [-0.2, -0.15) is 0 Å². The van der Waals surface area contributed by atoms with Gasteiger partial charge in [0.2, 0.25) is 0 Å². The van der Waals surface area contributed by atoms with Crippen LogP contribution >= 0.6 is 35.3 Å². The average Bonchev–Trinajstić information content (AvgIpc) is 3.23. The highest BCUT2D eigenvalue weighted by atomic mass is 127. The fourth-order valence-corrected chi connectivity index (χ4v) is 2.71. The summed E-state index contributed by atoms with van der Waals surface area (Å²) >= 11 is 1.73. The third-order valence-electron chi connectivity index (χ3n) is 3.63. The van der Waals surface area contributed by atoms with E-state index in [0.717, 1.165) is 37.7 Å². The number of aliphatic imine (C=N–C) groups is 1. The summed E-state index contributed by atoms with van der Waals surface area (Å²) < 4.78 is 2.08. The first-order chi connectivity index (χ1) is 11.2. The number of hydrogen-bond acceptors (Lipinski definition) is 4. The molecule has 2 heterocycles. The molecule has 0 aliphatic carbocycles. The van der Waals surface area contributed by atoms with Crippen molar-refractivity contribution in [3.05, 3.63) is 34.5 Å². The first-order valence-electron chi connectivity index (χ1n) is 8.16. The molecule has 0 radical (unpaired) electrons. The van der Waals surface area contributed by atoms with Crippen molar-refractivity contribution in [3.63, 3.8) is 0 Å². The van der Waals surface area contributed by atoms with E-state index in [1.165, 1.54) is 4.88 Å². The molecule has 1 unspecified atom stereocenters. The molecule has 6 nitrogen and oxygen atoms in total. The fraction of sp³-hybridized carbons (Fsp3) is 0.562. The van der Waals surface area contributed by atoms with Gasteiger partial charge in [0.1, 0.15) is 12.2 Å². The summed E-state index contributed by atoms with van der Waals surface area (Å²) in [6.07, 6.45) is 3.74. The Hall–Kier alpha value is -1.16. The molecule has 0 saturated carbocycles. The Morgan fingerprint density at radius 2 is 2.25 bits per heavy atom. The van der Waals surface area contributed by atoms with Gasteiger partial charge in [0, 0.05) is 30.4 Å². The van der Waals surface area contributed by atoms with Crippen molar-refractivity contribution in [2.75, 3.05) is 6.54 Å². The molecule has 0 aliphatic heterocycles. The number of aryl methyl sites for hydroxylation is 1. The lowest BCUT2D eigenvalue weighted by atomic mass is 10.3. The van der Waals surface area contributed by atoms with Gasteiger partial charge in [-0.05, 0) is 24.8 Å². The molecule has 2 aromatic heterocycles. The van der Waals surface area contributed by atoms with Crippen LogP contribution in [-0.2, 0) is 19.5 Å². The topological polar surface area (TPSA) is 67.1 Å². The molecule has 0 spiro atoms. The van der Waals surface area contributed by atoms with Gasteiger partial charge in [-0.3, -0.25) is 0 Å². The number of nitrogens with zero attached hydrogens (tertiary/aromatic N) is 4. The van der Waals surface area contributed by atoms with Gasteiger partial charge < -0.3 is 15.2 Å². The van der Waals surface area contributed by atoms with Crippen LogP contribution in [0.4, 0.5) is 0 Å². The van der Waals surface area contributed by atoms with Crippen molar-refractivity contribution < 1.29 is 0 Å². The van der Waals surface area contributed by atoms with E-state index in [2.05, 4.69) is 68.7 Å². The Bertz CT molecular complexity index is 595. The summed E-state index contributed by atoms with van der Waals surface area (Å²) in [5.41, 5.74) is 0. The Labute approximate surface area is 165 Å². The second kappa shape index (κ2) is 11.4. The van der Waals surface area contributed by atoms with E-state index in [1.807, 2.05) is 0 Å². The van der Waals surface area contributed by atoms with Crippen molar-refractivity contribution in [1.29, 1.82) is 0 Å². The Balaban J connectivity index is 0.00000288. The lowest BCUT2D eigenvalue weighted by Gasteiger charge is -2.17. The first-order valence-corrected chi connectivity index (χ1v) is 9.04. The SMILES string of the molecule is CCc1nncn1CCNC(=NCc1cccs1)NC(C)CC.I. The molecule has 0 aliphatic rings. The van der Waals surface area contributed by atoms with Gasteiger partial charge in [-0.25, -0.2) is 4.99 Å². The van der Waals surface area contributed by atoms with Crippen LogP contribution in [0.5, 0.6) is 0 Å². The maximum atomic E-state index is 4.68. The quantitative estimate of drug-likeness (QED) is 0.360. The van der Waals surface area contributed by atoms with E-state index >= 15 is 0 Å². The van der Waals surface area contributed by atoms with E-state index in [0.29, 0.717) is 12.6 Å². The van der Waals surface area contributed by atoms with Gasteiger partial charge in [-0.15, -0.1) is 45.5 Å². The van der Waals surface area contributed by atoms with E-state index in [9.17, 15) is 0 Å². The monoisotopic (exact) mass is 462 g/mol. The summed E-state index contributed by atoms with van der Waals surface area (Å²) in [4.78, 5) is 5.95. The lowest BCUT2D eigenvalue weighted by molar-refractivity contribution is 0.599. The van der Waals surface area contributed by atoms with Crippen molar-refractivity contribution in [1.82, 2.24) is 25.4 Å². The van der Waals surface area contributed by atoms with Gasteiger partial charge in [0.15, 0.2) is 5.96 Å². The molecule has 0 fully saturated rings. The smallest absolute Gasteiger partial charge is 0.191 e. The van der Waals surface area contributed by atoms with Gasteiger partial charge in [0.05, 0.1) is 6.54 Å². The molecule has 24 heavy (non-hydrogen) atoms. The molecule has 2 rings (SSSR count). The summed E-state index contributed by atoms with van der Waals surface area (Å²) in [7, 11) is 0. The van der Waals surface area contributed by atoms with Crippen LogP contribution in [0.15, 0.2) is 28.8 Å². The number of rotatable bonds is 8. The number of hydrogen-bond donors (Lipinski definition) is 2. The second-order valence-electron chi connectivity index (χ2n) is 5.42. The van der Waals surface area contributed by atoms with Crippen molar-refractivity contribution in [2.24, 2.45) is 4.99 Å². The van der Waals surface area contributed by atoms with Gasteiger partial charge >= 0.3 is 0 Å². The number of guanidine groups is 1. The summed E-state index contributed by atoms with van der Waals surface area (Å²) in [5.74, 6) is 1.87. The molecule has 0 amide bonds. The van der Waals surface area contributed by atoms with Crippen LogP contribution in [-0.4, -0.2) is 33.3 Å². The minimum atomic E-state index is 0. The predicted octanol–water partition coefficient (Wildman–Crippen LogP) is 3.05.